The van der Waals surface area contributed by atoms with Crippen LogP contribution in [0.3, 0.4) is 0 Å². The lowest BCUT2D eigenvalue weighted by Gasteiger charge is -2.32. The zero-order chi connectivity index (χ0) is 27.9. The van der Waals surface area contributed by atoms with E-state index in [1.54, 1.807) is 41.5 Å². The fourth-order valence-corrected chi connectivity index (χ4v) is 3.54. The first-order chi connectivity index (χ1) is 16.2. The molecule has 4 N–H and O–H groups in total. The van der Waals surface area contributed by atoms with Crippen LogP contribution in [-0.4, -0.2) is 73.0 Å². The van der Waals surface area contributed by atoms with Crippen molar-refractivity contribution < 1.29 is 45.4 Å². The highest BCUT2D eigenvalue weighted by Gasteiger charge is 2.43. The van der Waals surface area contributed by atoms with Gasteiger partial charge in [-0.2, -0.15) is 26.3 Å². The number of carbonyl (C=O) groups is 2. The van der Waals surface area contributed by atoms with E-state index in [9.17, 15) is 35.9 Å². The van der Waals surface area contributed by atoms with E-state index < -0.39 is 59.9 Å². The summed E-state index contributed by atoms with van der Waals surface area (Å²) < 4.78 is 85.1. The zero-order valence-corrected chi connectivity index (χ0v) is 21.5. The molecule has 2 fully saturated rings. The van der Waals surface area contributed by atoms with E-state index in [1.807, 2.05) is 0 Å². The quantitative estimate of drug-likeness (QED) is 0.391. The fourth-order valence-electron chi connectivity index (χ4n) is 3.54. The van der Waals surface area contributed by atoms with Crippen LogP contribution < -0.4 is 21.3 Å². The first-order valence-electron chi connectivity index (χ1n) is 11.7. The molecule has 8 nitrogen and oxygen atoms in total. The number of rotatable bonds is 2. The van der Waals surface area contributed by atoms with Crippen LogP contribution in [0.2, 0.25) is 0 Å². The largest absolute Gasteiger partial charge is 0.444 e. The van der Waals surface area contributed by atoms with Crippen molar-refractivity contribution in [3.05, 3.63) is 0 Å². The fraction of sp³-hybridized carbons (Fsp3) is 0.909. The summed E-state index contributed by atoms with van der Waals surface area (Å²) in [5.41, 5.74) is -1.30. The molecule has 0 saturated carbocycles. The minimum Gasteiger partial charge on any atom is -0.444 e. The summed E-state index contributed by atoms with van der Waals surface area (Å²) in [5, 5.41) is 9.74. The van der Waals surface area contributed by atoms with Gasteiger partial charge in [0.15, 0.2) is 0 Å². The molecule has 0 aliphatic carbocycles. The number of hydrogen-bond acceptors (Lipinski definition) is 6. The van der Waals surface area contributed by atoms with Gasteiger partial charge in [-0.05, 0) is 80.3 Å². The second-order valence-corrected chi connectivity index (χ2v) is 10.8. The normalized spacial score (nSPS) is 25.7. The molecule has 2 amide bonds. The van der Waals surface area contributed by atoms with Crippen molar-refractivity contribution >= 4 is 12.2 Å². The Hall–Kier alpha value is -1.96. The Morgan fingerprint density at radius 2 is 0.972 bits per heavy atom. The lowest BCUT2D eigenvalue weighted by atomic mass is 9.99. The average molecular weight is 537 g/mol. The number of alkyl halides is 6. The Labute approximate surface area is 207 Å². The molecule has 2 aliphatic rings. The highest BCUT2D eigenvalue weighted by atomic mass is 19.4. The first kappa shape index (κ1) is 32.1. The third-order valence-corrected chi connectivity index (χ3v) is 5.04. The molecule has 2 rings (SSSR count). The van der Waals surface area contributed by atoms with Crippen LogP contribution in [-0.2, 0) is 9.47 Å². The van der Waals surface area contributed by atoms with Gasteiger partial charge in [-0.25, -0.2) is 9.59 Å². The SMILES string of the molecule is CC(C)(C)OC(=O)N[C@@H]1CCN[C@@H](C(F)(F)F)C1.CC(C)(C)OC(=O)N[C@H]1CCN[C@H](C(F)(F)F)C1. The summed E-state index contributed by atoms with van der Waals surface area (Å²) in [6.45, 7) is 10.7. The number of halogens is 6. The number of carbonyl (C=O) groups excluding carboxylic acids is 2. The molecule has 0 unspecified atom stereocenters. The number of hydrogen-bond donors (Lipinski definition) is 4. The topological polar surface area (TPSA) is 101 Å². The molecule has 14 heteroatoms. The Balaban J connectivity index is 0.000000360. The molecule has 0 bridgehead atoms. The number of nitrogens with one attached hydrogen (secondary N) is 4. The Bertz CT molecular complexity index is 659. The third-order valence-electron chi connectivity index (χ3n) is 5.04. The summed E-state index contributed by atoms with van der Waals surface area (Å²) in [5.74, 6) is 0. The van der Waals surface area contributed by atoms with Gasteiger partial charge < -0.3 is 30.7 Å². The maximum absolute atomic E-state index is 12.5. The smallest absolute Gasteiger partial charge is 0.407 e. The average Bonchev–Trinajstić information content (AvgIpc) is 2.64. The van der Waals surface area contributed by atoms with Crippen LogP contribution in [0, 0.1) is 0 Å². The summed E-state index contributed by atoms with van der Waals surface area (Å²) >= 11 is 0. The summed E-state index contributed by atoms with van der Waals surface area (Å²) in [6, 6.07) is -4.14. The van der Waals surface area contributed by atoms with E-state index in [-0.39, 0.29) is 25.9 Å². The molecule has 0 aromatic heterocycles. The summed E-state index contributed by atoms with van der Waals surface area (Å²) in [4.78, 5) is 22.9. The van der Waals surface area contributed by atoms with Crippen LogP contribution in [0.1, 0.15) is 67.2 Å². The van der Waals surface area contributed by atoms with E-state index in [4.69, 9.17) is 9.47 Å². The summed E-state index contributed by atoms with van der Waals surface area (Å²) in [7, 11) is 0. The highest BCUT2D eigenvalue weighted by molar-refractivity contribution is 5.68. The molecule has 4 atom stereocenters. The Kier molecular flexibility index (Phi) is 11.2. The second kappa shape index (κ2) is 12.5. The number of ether oxygens (including phenoxy) is 2. The molecular weight excluding hydrogens is 498 g/mol. The van der Waals surface area contributed by atoms with Gasteiger partial charge in [0.05, 0.1) is 0 Å². The maximum atomic E-state index is 12.5. The van der Waals surface area contributed by atoms with Crippen LogP contribution in [0.4, 0.5) is 35.9 Å². The molecule has 0 aromatic rings. The number of amides is 2. The van der Waals surface area contributed by atoms with E-state index in [0.29, 0.717) is 12.8 Å². The van der Waals surface area contributed by atoms with Crippen LogP contribution in [0.5, 0.6) is 0 Å². The van der Waals surface area contributed by atoms with E-state index in [0.717, 1.165) is 0 Å². The van der Waals surface area contributed by atoms with Gasteiger partial charge in [0.2, 0.25) is 0 Å². The zero-order valence-electron chi connectivity index (χ0n) is 21.5. The van der Waals surface area contributed by atoms with Crippen molar-refractivity contribution in [2.75, 3.05) is 13.1 Å². The molecule has 0 radical (unpaired) electrons. The molecule has 0 aromatic carbocycles. The van der Waals surface area contributed by atoms with Crippen LogP contribution >= 0.6 is 0 Å². The lowest BCUT2D eigenvalue weighted by molar-refractivity contribution is -0.162. The van der Waals surface area contributed by atoms with E-state index in [1.165, 1.54) is 0 Å². The second-order valence-electron chi connectivity index (χ2n) is 10.8. The Morgan fingerprint density at radius 3 is 1.22 bits per heavy atom. The monoisotopic (exact) mass is 536 g/mol. The molecular formula is C22H38F6N4O4. The van der Waals surface area contributed by atoms with Gasteiger partial charge in [0.1, 0.15) is 23.3 Å². The van der Waals surface area contributed by atoms with Crippen LogP contribution in [0.15, 0.2) is 0 Å². The standard InChI is InChI=1S/2C11H19F3N2O2/c2*1-10(2,3)18-9(17)16-7-4-5-15-8(6-7)11(12,13)14/h2*7-8,15H,4-6H2,1-3H3,(H,16,17)/t2*7-,8-/m10/s1. The third kappa shape index (κ3) is 13.4. The minimum atomic E-state index is -4.28. The lowest BCUT2D eigenvalue weighted by Crippen LogP contribution is -2.53. The number of piperidine rings is 2. The highest BCUT2D eigenvalue weighted by Crippen LogP contribution is 2.27. The van der Waals surface area contributed by atoms with Crippen molar-refractivity contribution in [2.45, 2.75) is 115 Å². The van der Waals surface area contributed by atoms with E-state index in [2.05, 4.69) is 21.3 Å². The molecule has 2 heterocycles. The van der Waals surface area contributed by atoms with Crippen molar-refractivity contribution in [1.82, 2.24) is 21.3 Å². The predicted octanol–water partition coefficient (Wildman–Crippen LogP) is 4.39. The van der Waals surface area contributed by atoms with Crippen molar-refractivity contribution in [3.8, 4) is 0 Å². The van der Waals surface area contributed by atoms with E-state index >= 15 is 0 Å². The molecule has 36 heavy (non-hydrogen) atoms. The maximum Gasteiger partial charge on any atom is 0.407 e. The predicted molar refractivity (Wildman–Crippen MR) is 120 cm³/mol. The van der Waals surface area contributed by atoms with Crippen molar-refractivity contribution in [2.24, 2.45) is 0 Å². The van der Waals surface area contributed by atoms with Gasteiger partial charge in [0, 0.05) is 12.1 Å². The van der Waals surface area contributed by atoms with Gasteiger partial charge in [-0.15, -0.1) is 0 Å². The van der Waals surface area contributed by atoms with Crippen LogP contribution in [0.25, 0.3) is 0 Å². The molecule has 2 saturated heterocycles. The van der Waals surface area contributed by atoms with Gasteiger partial charge in [-0.1, -0.05) is 0 Å². The molecule has 0 spiro atoms. The first-order valence-corrected chi connectivity index (χ1v) is 11.7. The van der Waals surface area contributed by atoms with Crippen molar-refractivity contribution in [3.63, 3.8) is 0 Å². The van der Waals surface area contributed by atoms with Crippen molar-refractivity contribution in [1.29, 1.82) is 0 Å². The molecule has 2 aliphatic heterocycles. The number of alkyl carbamates (subject to hydrolysis) is 2. The van der Waals surface area contributed by atoms with Gasteiger partial charge >= 0.3 is 24.5 Å². The Morgan fingerprint density at radius 1 is 0.667 bits per heavy atom. The van der Waals surface area contributed by atoms with Gasteiger partial charge in [-0.3, -0.25) is 0 Å². The minimum absolute atomic E-state index is 0.164. The summed E-state index contributed by atoms with van der Waals surface area (Å²) in [6.07, 6.45) is -9.31. The molecule has 212 valence electrons. The van der Waals surface area contributed by atoms with Gasteiger partial charge in [0.25, 0.3) is 0 Å².